The number of hydrogen-bond donors (Lipinski definition) is 1. The first kappa shape index (κ1) is 12.2. The van der Waals surface area contributed by atoms with E-state index < -0.39 is 0 Å². The van der Waals surface area contributed by atoms with E-state index in [1.54, 1.807) is 0 Å². The molecule has 0 radical (unpaired) electrons. The summed E-state index contributed by atoms with van der Waals surface area (Å²) in [6, 6.07) is 12.5. The van der Waals surface area contributed by atoms with Crippen LogP contribution in [0.5, 0.6) is 0 Å². The molecule has 1 unspecified atom stereocenters. The second kappa shape index (κ2) is 5.88. The van der Waals surface area contributed by atoms with Crippen LogP contribution in [-0.4, -0.2) is 6.04 Å². The van der Waals surface area contributed by atoms with Crippen LogP contribution in [0.3, 0.4) is 0 Å². The Bertz CT molecular complexity index is 347. The summed E-state index contributed by atoms with van der Waals surface area (Å²) < 4.78 is 0. The fourth-order valence-electron chi connectivity index (χ4n) is 3.29. The van der Waals surface area contributed by atoms with Crippen LogP contribution in [0.4, 0.5) is 0 Å². The fraction of sp³-hybridized carbons (Fsp3) is 0.647. The van der Waals surface area contributed by atoms with E-state index in [1.165, 1.54) is 56.9 Å². The van der Waals surface area contributed by atoms with Crippen molar-refractivity contribution in [1.82, 2.24) is 5.32 Å². The van der Waals surface area contributed by atoms with Crippen molar-refractivity contribution in [2.75, 3.05) is 0 Å². The molecule has 2 fully saturated rings. The Morgan fingerprint density at radius 2 is 1.50 bits per heavy atom. The lowest BCUT2D eigenvalue weighted by Gasteiger charge is -2.25. The van der Waals surface area contributed by atoms with E-state index >= 15 is 0 Å². The normalized spacial score (nSPS) is 23.6. The molecule has 2 aliphatic rings. The molecular formula is C17H25N. The maximum atomic E-state index is 3.97. The molecule has 1 heteroatoms. The van der Waals surface area contributed by atoms with Crippen molar-refractivity contribution in [3.63, 3.8) is 0 Å². The van der Waals surface area contributed by atoms with Crippen molar-refractivity contribution in [3.05, 3.63) is 35.9 Å². The fourth-order valence-corrected chi connectivity index (χ4v) is 3.29. The molecule has 3 rings (SSSR count). The molecule has 0 bridgehead atoms. The first-order chi connectivity index (χ1) is 8.93. The molecule has 98 valence electrons. The summed E-state index contributed by atoms with van der Waals surface area (Å²) in [5.74, 6) is 0.899. The minimum Gasteiger partial charge on any atom is -0.307 e. The Balaban J connectivity index is 1.66. The smallest absolute Gasteiger partial charge is 0.0351 e. The van der Waals surface area contributed by atoms with E-state index in [-0.39, 0.29) is 0 Å². The standard InChI is InChI=1S/C17H25N/c1-2-7-11-16(10-6-1)18-17(15-12-13-15)14-8-4-3-5-9-14/h3-5,8-9,15-18H,1-2,6-7,10-13H2. The summed E-state index contributed by atoms with van der Waals surface area (Å²) >= 11 is 0. The SMILES string of the molecule is c1ccc(C(NC2CCCCCC2)C2CC2)cc1. The molecular weight excluding hydrogens is 218 g/mol. The second-order valence-electron chi connectivity index (χ2n) is 6.08. The Labute approximate surface area is 111 Å². The van der Waals surface area contributed by atoms with Crippen molar-refractivity contribution < 1.29 is 0 Å². The summed E-state index contributed by atoms with van der Waals surface area (Å²) in [5, 5.41) is 3.97. The van der Waals surface area contributed by atoms with Crippen molar-refractivity contribution in [2.24, 2.45) is 5.92 Å². The lowest BCUT2D eigenvalue weighted by molar-refractivity contribution is 0.373. The number of nitrogens with one attached hydrogen (secondary N) is 1. The molecule has 1 atom stereocenters. The van der Waals surface area contributed by atoms with Gasteiger partial charge >= 0.3 is 0 Å². The molecule has 0 aromatic heterocycles. The first-order valence-electron chi connectivity index (χ1n) is 7.74. The molecule has 1 nitrogen and oxygen atoms in total. The molecule has 1 N–H and O–H groups in total. The van der Waals surface area contributed by atoms with Crippen LogP contribution in [0, 0.1) is 5.92 Å². The van der Waals surface area contributed by atoms with Gasteiger partial charge in [-0.05, 0) is 37.2 Å². The second-order valence-corrected chi connectivity index (χ2v) is 6.08. The molecule has 0 amide bonds. The summed E-state index contributed by atoms with van der Waals surface area (Å²) in [6.07, 6.45) is 11.3. The maximum absolute atomic E-state index is 3.97. The highest BCUT2D eigenvalue weighted by molar-refractivity contribution is 5.21. The zero-order valence-corrected chi connectivity index (χ0v) is 11.3. The zero-order valence-electron chi connectivity index (χ0n) is 11.3. The van der Waals surface area contributed by atoms with E-state index in [9.17, 15) is 0 Å². The maximum Gasteiger partial charge on any atom is 0.0351 e. The van der Waals surface area contributed by atoms with Gasteiger partial charge in [0.2, 0.25) is 0 Å². The van der Waals surface area contributed by atoms with Crippen LogP contribution in [-0.2, 0) is 0 Å². The van der Waals surface area contributed by atoms with Gasteiger partial charge in [-0.2, -0.15) is 0 Å². The van der Waals surface area contributed by atoms with Crippen molar-refractivity contribution >= 4 is 0 Å². The third kappa shape index (κ3) is 3.14. The first-order valence-corrected chi connectivity index (χ1v) is 7.74. The van der Waals surface area contributed by atoms with Gasteiger partial charge in [0.1, 0.15) is 0 Å². The molecule has 0 heterocycles. The predicted molar refractivity (Wildman–Crippen MR) is 76.5 cm³/mol. The van der Waals surface area contributed by atoms with Gasteiger partial charge in [-0.15, -0.1) is 0 Å². The van der Waals surface area contributed by atoms with Gasteiger partial charge in [-0.1, -0.05) is 56.0 Å². The van der Waals surface area contributed by atoms with Gasteiger partial charge in [0.25, 0.3) is 0 Å². The number of rotatable bonds is 4. The van der Waals surface area contributed by atoms with Gasteiger partial charge in [-0.25, -0.2) is 0 Å². The van der Waals surface area contributed by atoms with Gasteiger partial charge in [0.15, 0.2) is 0 Å². The number of hydrogen-bond acceptors (Lipinski definition) is 1. The van der Waals surface area contributed by atoms with E-state index in [0.29, 0.717) is 6.04 Å². The monoisotopic (exact) mass is 243 g/mol. The molecule has 0 saturated heterocycles. The molecule has 1 aromatic carbocycles. The van der Waals surface area contributed by atoms with Crippen molar-refractivity contribution in [1.29, 1.82) is 0 Å². The van der Waals surface area contributed by atoms with Crippen molar-refractivity contribution in [2.45, 2.75) is 63.5 Å². The molecule has 1 aromatic rings. The molecule has 2 aliphatic carbocycles. The van der Waals surface area contributed by atoms with Crippen LogP contribution >= 0.6 is 0 Å². The Kier molecular flexibility index (Phi) is 3.99. The Morgan fingerprint density at radius 1 is 0.833 bits per heavy atom. The third-order valence-corrected chi connectivity index (χ3v) is 4.52. The largest absolute Gasteiger partial charge is 0.307 e. The zero-order chi connectivity index (χ0) is 12.2. The third-order valence-electron chi connectivity index (χ3n) is 4.52. The minimum atomic E-state index is 0.620. The van der Waals surface area contributed by atoms with Crippen LogP contribution in [0.1, 0.15) is 63.0 Å². The van der Waals surface area contributed by atoms with Crippen LogP contribution in [0.15, 0.2) is 30.3 Å². The van der Waals surface area contributed by atoms with Crippen LogP contribution in [0.2, 0.25) is 0 Å². The highest BCUT2D eigenvalue weighted by Gasteiger charge is 2.33. The predicted octanol–water partition coefficient (Wildman–Crippen LogP) is 4.45. The summed E-state index contributed by atoms with van der Waals surface area (Å²) in [7, 11) is 0. The van der Waals surface area contributed by atoms with E-state index in [2.05, 4.69) is 35.6 Å². The van der Waals surface area contributed by atoms with Gasteiger partial charge in [0.05, 0.1) is 0 Å². The van der Waals surface area contributed by atoms with Crippen molar-refractivity contribution in [3.8, 4) is 0 Å². The molecule has 0 spiro atoms. The number of benzene rings is 1. The molecule has 0 aliphatic heterocycles. The summed E-state index contributed by atoms with van der Waals surface area (Å²) in [5.41, 5.74) is 1.50. The average molecular weight is 243 g/mol. The van der Waals surface area contributed by atoms with E-state index in [0.717, 1.165) is 12.0 Å². The van der Waals surface area contributed by atoms with Gasteiger partial charge in [0, 0.05) is 12.1 Å². The molecule has 18 heavy (non-hydrogen) atoms. The quantitative estimate of drug-likeness (QED) is 0.770. The van der Waals surface area contributed by atoms with E-state index in [4.69, 9.17) is 0 Å². The Hall–Kier alpha value is -0.820. The van der Waals surface area contributed by atoms with E-state index in [1.807, 2.05) is 0 Å². The highest BCUT2D eigenvalue weighted by Crippen LogP contribution is 2.41. The van der Waals surface area contributed by atoms with Gasteiger partial charge < -0.3 is 5.32 Å². The lowest BCUT2D eigenvalue weighted by Crippen LogP contribution is -2.33. The minimum absolute atomic E-state index is 0.620. The van der Waals surface area contributed by atoms with Gasteiger partial charge in [-0.3, -0.25) is 0 Å². The Morgan fingerprint density at radius 3 is 2.11 bits per heavy atom. The topological polar surface area (TPSA) is 12.0 Å². The average Bonchev–Trinajstić information content (AvgIpc) is 3.24. The molecule has 2 saturated carbocycles. The highest BCUT2D eigenvalue weighted by atomic mass is 15.0. The summed E-state index contributed by atoms with van der Waals surface area (Å²) in [6.45, 7) is 0. The lowest BCUT2D eigenvalue weighted by atomic mass is 9.99. The summed E-state index contributed by atoms with van der Waals surface area (Å²) in [4.78, 5) is 0. The van der Waals surface area contributed by atoms with Crippen LogP contribution in [0.25, 0.3) is 0 Å². The van der Waals surface area contributed by atoms with Crippen LogP contribution < -0.4 is 5.32 Å².